The fourth-order valence-electron chi connectivity index (χ4n) is 2.61. The zero-order valence-electron chi connectivity index (χ0n) is 14.5. The fraction of sp³-hybridized carbons (Fsp3) is 0.556. The molecular formula is C18H26N2O2. The van der Waals surface area contributed by atoms with Crippen molar-refractivity contribution in [1.82, 2.24) is 4.98 Å². The summed E-state index contributed by atoms with van der Waals surface area (Å²) in [6.07, 6.45) is 2.40. The summed E-state index contributed by atoms with van der Waals surface area (Å²) in [5, 5.41) is 0. The molecule has 0 fully saturated rings. The lowest BCUT2D eigenvalue weighted by molar-refractivity contribution is 0.0579. The molecule has 0 saturated heterocycles. The number of rotatable bonds is 2. The quantitative estimate of drug-likeness (QED) is 0.805. The highest BCUT2D eigenvalue weighted by Gasteiger charge is 2.40. The van der Waals surface area contributed by atoms with E-state index >= 15 is 0 Å². The van der Waals surface area contributed by atoms with E-state index in [1.807, 2.05) is 40.0 Å². The normalized spacial score (nSPS) is 16.4. The lowest BCUT2D eigenvalue weighted by atomic mass is 9.88. The molecule has 2 rings (SSSR count). The Morgan fingerprint density at radius 2 is 2.09 bits per heavy atom. The number of carbonyl (C=O) groups is 1. The minimum atomic E-state index is -0.507. The Morgan fingerprint density at radius 3 is 2.64 bits per heavy atom. The summed E-state index contributed by atoms with van der Waals surface area (Å²) in [5.74, 6) is 0. The third kappa shape index (κ3) is 3.16. The average molecular weight is 302 g/mol. The maximum atomic E-state index is 12.5. The molecule has 0 N–H and O–H groups in total. The zero-order valence-corrected chi connectivity index (χ0v) is 14.5. The van der Waals surface area contributed by atoms with Gasteiger partial charge in [0.25, 0.3) is 0 Å². The summed E-state index contributed by atoms with van der Waals surface area (Å²) in [6, 6.07) is 1.96. The molecule has 0 aliphatic carbocycles. The van der Waals surface area contributed by atoms with Gasteiger partial charge in [-0.15, -0.1) is 0 Å². The van der Waals surface area contributed by atoms with Crippen LogP contribution in [0.3, 0.4) is 0 Å². The summed E-state index contributed by atoms with van der Waals surface area (Å²) in [7, 11) is 0. The van der Waals surface area contributed by atoms with E-state index in [0.717, 1.165) is 28.9 Å². The molecule has 0 saturated carbocycles. The lowest BCUT2D eigenvalue weighted by Crippen LogP contribution is -2.38. The molecule has 1 aliphatic heterocycles. The highest BCUT2D eigenvalue weighted by Crippen LogP contribution is 2.41. The number of fused-ring (bicyclic) bond motifs is 1. The van der Waals surface area contributed by atoms with Crippen molar-refractivity contribution in [3.63, 3.8) is 0 Å². The average Bonchev–Trinajstić information content (AvgIpc) is 2.67. The van der Waals surface area contributed by atoms with Gasteiger partial charge in [0, 0.05) is 23.7 Å². The first-order valence-corrected chi connectivity index (χ1v) is 7.74. The predicted molar refractivity (Wildman–Crippen MR) is 90.2 cm³/mol. The second-order valence-corrected chi connectivity index (χ2v) is 7.49. The van der Waals surface area contributed by atoms with Crippen LogP contribution >= 0.6 is 0 Å². The summed E-state index contributed by atoms with van der Waals surface area (Å²) in [4.78, 5) is 18.7. The largest absolute Gasteiger partial charge is 0.443 e. The maximum Gasteiger partial charge on any atom is 0.414 e. The van der Waals surface area contributed by atoms with Crippen molar-refractivity contribution in [1.29, 1.82) is 0 Å². The standard InChI is InChI=1S/C18H26N2O2/c1-8-12(2)14-9-15-13(10-19-14)18(6,7)11-20(15)16(21)22-17(3,4)5/h9-10H,2,8,11H2,1,3-7H3. The molecule has 0 radical (unpaired) electrons. The van der Waals surface area contributed by atoms with E-state index in [1.165, 1.54) is 0 Å². The molecule has 120 valence electrons. The molecule has 22 heavy (non-hydrogen) atoms. The van der Waals surface area contributed by atoms with Gasteiger partial charge in [0.15, 0.2) is 0 Å². The van der Waals surface area contributed by atoms with Crippen LogP contribution in [0.25, 0.3) is 5.57 Å². The smallest absolute Gasteiger partial charge is 0.414 e. The summed E-state index contributed by atoms with van der Waals surface area (Å²) in [6.45, 7) is 16.6. The molecule has 0 spiro atoms. The molecule has 1 aromatic rings. The van der Waals surface area contributed by atoms with Crippen molar-refractivity contribution in [2.24, 2.45) is 0 Å². The first-order valence-electron chi connectivity index (χ1n) is 7.74. The van der Waals surface area contributed by atoms with Crippen molar-refractivity contribution in [2.75, 3.05) is 11.4 Å². The molecule has 1 amide bonds. The van der Waals surface area contributed by atoms with Crippen LogP contribution in [-0.2, 0) is 10.2 Å². The Hall–Kier alpha value is -1.84. The molecule has 1 aromatic heterocycles. The minimum Gasteiger partial charge on any atom is -0.443 e. The third-order valence-corrected chi connectivity index (χ3v) is 3.86. The molecule has 0 bridgehead atoms. The number of nitrogens with zero attached hydrogens (tertiary/aromatic N) is 2. The Bertz CT molecular complexity index is 612. The first kappa shape index (κ1) is 16.5. The van der Waals surface area contributed by atoms with Gasteiger partial charge in [0.1, 0.15) is 5.60 Å². The number of hydrogen-bond donors (Lipinski definition) is 0. The van der Waals surface area contributed by atoms with Crippen LogP contribution in [0.4, 0.5) is 10.5 Å². The number of amides is 1. The van der Waals surface area contributed by atoms with E-state index < -0.39 is 5.60 Å². The summed E-state index contributed by atoms with van der Waals surface area (Å²) >= 11 is 0. The topological polar surface area (TPSA) is 42.4 Å². The molecular weight excluding hydrogens is 276 g/mol. The van der Waals surface area contributed by atoms with Crippen LogP contribution in [0.1, 0.15) is 59.2 Å². The van der Waals surface area contributed by atoms with Crippen molar-refractivity contribution in [2.45, 2.75) is 59.0 Å². The summed E-state index contributed by atoms with van der Waals surface area (Å²) < 4.78 is 5.54. The van der Waals surface area contributed by atoms with E-state index in [2.05, 4.69) is 25.4 Å². The van der Waals surface area contributed by atoms with Gasteiger partial charge in [-0.1, -0.05) is 27.4 Å². The number of carbonyl (C=O) groups excluding carboxylic acids is 1. The number of ether oxygens (including phenoxy) is 1. The number of aromatic nitrogens is 1. The zero-order chi connectivity index (χ0) is 16.7. The predicted octanol–water partition coefficient (Wildman–Crippen LogP) is 4.54. The lowest BCUT2D eigenvalue weighted by Gasteiger charge is -2.26. The Kier molecular flexibility index (Phi) is 4.07. The van der Waals surface area contributed by atoms with E-state index in [1.54, 1.807) is 4.90 Å². The van der Waals surface area contributed by atoms with Gasteiger partial charge in [-0.05, 0) is 38.8 Å². The number of hydrogen-bond acceptors (Lipinski definition) is 3. The van der Waals surface area contributed by atoms with E-state index in [0.29, 0.717) is 6.54 Å². The second kappa shape index (κ2) is 5.41. The Morgan fingerprint density at radius 1 is 1.45 bits per heavy atom. The fourth-order valence-corrected chi connectivity index (χ4v) is 2.61. The van der Waals surface area contributed by atoms with Crippen LogP contribution < -0.4 is 4.90 Å². The second-order valence-electron chi connectivity index (χ2n) is 7.49. The van der Waals surface area contributed by atoms with Crippen LogP contribution in [0.5, 0.6) is 0 Å². The van der Waals surface area contributed by atoms with Gasteiger partial charge in [0.05, 0.1) is 11.4 Å². The van der Waals surface area contributed by atoms with Crippen molar-refractivity contribution >= 4 is 17.4 Å². The van der Waals surface area contributed by atoms with Crippen molar-refractivity contribution in [3.8, 4) is 0 Å². The van der Waals surface area contributed by atoms with Gasteiger partial charge >= 0.3 is 6.09 Å². The highest BCUT2D eigenvalue weighted by atomic mass is 16.6. The number of anilines is 1. The van der Waals surface area contributed by atoms with Crippen molar-refractivity contribution in [3.05, 3.63) is 30.1 Å². The van der Waals surface area contributed by atoms with E-state index in [4.69, 9.17) is 4.74 Å². The van der Waals surface area contributed by atoms with E-state index in [-0.39, 0.29) is 11.5 Å². The molecule has 4 heteroatoms. The van der Waals surface area contributed by atoms with Crippen LogP contribution in [0.15, 0.2) is 18.8 Å². The van der Waals surface area contributed by atoms with Gasteiger partial charge in [-0.2, -0.15) is 0 Å². The molecule has 1 aliphatic rings. The van der Waals surface area contributed by atoms with Crippen LogP contribution in [-0.4, -0.2) is 23.2 Å². The molecule has 2 heterocycles. The Labute approximate surface area is 133 Å². The third-order valence-electron chi connectivity index (χ3n) is 3.86. The van der Waals surface area contributed by atoms with E-state index in [9.17, 15) is 4.79 Å². The van der Waals surface area contributed by atoms with Gasteiger partial charge in [0.2, 0.25) is 0 Å². The van der Waals surface area contributed by atoms with Gasteiger partial charge in [-0.25, -0.2) is 4.79 Å². The van der Waals surface area contributed by atoms with Crippen molar-refractivity contribution < 1.29 is 9.53 Å². The Balaban J connectivity index is 2.42. The minimum absolute atomic E-state index is 0.134. The molecule has 0 aromatic carbocycles. The molecule has 0 atom stereocenters. The molecule has 0 unspecified atom stereocenters. The monoisotopic (exact) mass is 302 g/mol. The van der Waals surface area contributed by atoms with Gasteiger partial charge < -0.3 is 4.74 Å². The van der Waals surface area contributed by atoms with Gasteiger partial charge in [-0.3, -0.25) is 9.88 Å². The highest BCUT2D eigenvalue weighted by molar-refractivity contribution is 5.92. The number of allylic oxidation sites excluding steroid dienone is 1. The van der Waals surface area contributed by atoms with Crippen LogP contribution in [0.2, 0.25) is 0 Å². The number of pyridine rings is 1. The summed E-state index contributed by atoms with van der Waals surface area (Å²) in [5.41, 5.74) is 3.13. The van der Waals surface area contributed by atoms with Crippen LogP contribution in [0, 0.1) is 0 Å². The maximum absolute atomic E-state index is 12.5. The first-order chi connectivity index (χ1) is 10.0. The SMILES string of the molecule is C=C(CC)c1cc2c(cn1)C(C)(C)CN2C(=O)OC(C)(C)C. The molecule has 4 nitrogen and oxygen atoms in total.